The van der Waals surface area contributed by atoms with E-state index in [2.05, 4.69) is 55.6 Å². The fourth-order valence-electron chi connectivity index (χ4n) is 7.27. The van der Waals surface area contributed by atoms with Gasteiger partial charge in [0.1, 0.15) is 6.10 Å². The maximum absolute atomic E-state index is 12.5. The van der Waals surface area contributed by atoms with E-state index < -0.39 is 24.2 Å². The molecule has 0 aromatic carbocycles. The molecule has 4 N–H and O–H groups in total. The van der Waals surface area contributed by atoms with Gasteiger partial charge in [0, 0.05) is 0 Å². The van der Waals surface area contributed by atoms with Crippen LogP contribution in [0.25, 0.3) is 0 Å². The van der Waals surface area contributed by atoms with Gasteiger partial charge >= 0.3 is 0 Å². The average molecular weight is 786 g/mol. The van der Waals surface area contributed by atoms with E-state index in [0.29, 0.717) is 6.42 Å². The van der Waals surface area contributed by atoms with Crippen LogP contribution < -0.4 is 5.32 Å². The second-order valence-electron chi connectivity index (χ2n) is 16.6. The molecule has 0 aliphatic rings. The third-order valence-electron chi connectivity index (χ3n) is 11.1. The fraction of sp³-hybridized carbons (Fsp3) is 0.824. The van der Waals surface area contributed by atoms with E-state index in [4.69, 9.17) is 0 Å². The average Bonchev–Trinajstić information content (AvgIpc) is 3.20. The van der Waals surface area contributed by atoms with Crippen LogP contribution in [0.2, 0.25) is 0 Å². The number of amides is 1. The summed E-state index contributed by atoms with van der Waals surface area (Å²) >= 11 is 0. The van der Waals surface area contributed by atoms with Crippen molar-refractivity contribution in [1.82, 2.24) is 5.32 Å². The van der Waals surface area contributed by atoms with Crippen molar-refractivity contribution in [2.75, 3.05) is 6.61 Å². The molecule has 0 aliphatic carbocycles. The molecule has 0 spiro atoms. The van der Waals surface area contributed by atoms with Gasteiger partial charge in [-0.05, 0) is 70.6 Å². The van der Waals surface area contributed by atoms with Gasteiger partial charge in [0.15, 0.2) is 0 Å². The van der Waals surface area contributed by atoms with Crippen molar-refractivity contribution < 1.29 is 20.1 Å². The zero-order valence-corrected chi connectivity index (χ0v) is 37.3. The lowest BCUT2D eigenvalue weighted by molar-refractivity contribution is -0.131. The lowest BCUT2D eigenvalue weighted by Crippen LogP contribution is -2.48. The summed E-state index contributed by atoms with van der Waals surface area (Å²) in [6.45, 7) is 4.16. The molecule has 0 fully saturated rings. The number of aliphatic hydroxyl groups excluding tert-OH is 3. The van der Waals surface area contributed by atoms with E-state index in [0.717, 1.165) is 44.9 Å². The summed E-state index contributed by atoms with van der Waals surface area (Å²) in [5, 5.41) is 33.2. The summed E-state index contributed by atoms with van der Waals surface area (Å²) in [4.78, 5) is 12.5. The van der Waals surface area contributed by atoms with Gasteiger partial charge in [0.25, 0.3) is 0 Å². The van der Waals surface area contributed by atoms with Gasteiger partial charge in [-0.15, -0.1) is 0 Å². The number of unbranched alkanes of at least 4 members (excludes halogenated alkanes) is 30. The number of nitrogens with one attached hydrogen (secondary N) is 1. The summed E-state index contributed by atoms with van der Waals surface area (Å²) in [5.41, 5.74) is 0. The van der Waals surface area contributed by atoms with Gasteiger partial charge in [-0.1, -0.05) is 223 Å². The van der Waals surface area contributed by atoms with Crippen molar-refractivity contribution in [2.24, 2.45) is 0 Å². The van der Waals surface area contributed by atoms with Gasteiger partial charge in [-0.3, -0.25) is 4.79 Å². The Morgan fingerprint density at radius 2 is 0.732 bits per heavy atom. The molecule has 1 amide bonds. The third kappa shape index (κ3) is 40.5. The van der Waals surface area contributed by atoms with Gasteiger partial charge < -0.3 is 20.6 Å². The predicted octanol–water partition coefficient (Wildman–Crippen LogP) is 14.5. The second kappa shape index (κ2) is 46.0. The molecule has 5 heteroatoms. The number of hydrogen-bond donors (Lipinski definition) is 4. The first kappa shape index (κ1) is 54.3. The Balaban J connectivity index is 3.65. The van der Waals surface area contributed by atoms with Crippen LogP contribution in [0.3, 0.4) is 0 Å². The Bertz CT molecular complexity index is 912. The monoisotopic (exact) mass is 786 g/mol. The Morgan fingerprint density at radius 1 is 0.429 bits per heavy atom. The molecule has 0 heterocycles. The predicted molar refractivity (Wildman–Crippen MR) is 245 cm³/mol. The van der Waals surface area contributed by atoms with Crippen LogP contribution in [0.4, 0.5) is 0 Å². The highest BCUT2D eigenvalue weighted by molar-refractivity contribution is 5.80. The van der Waals surface area contributed by atoms with Crippen molar-refractivity contribution in [3.05, 3.63) is 48.6 Å². The van der Waals surface area contributed by atoms with Gasteiger partial charge in [-0.2, -0.15) is 0 Å². The van der Waals surface area contributed by atoms with Crippen molar-refractivity contribution in [3.8, 4) is 0 Å². The zero-order chi connectivity index (χ0) is 40.8. The number of aliphatic hydroxyl groups is 3. The topological polar surface area (TPSA) is 89.8 Å². The first-order valence-corrected chi connectivity index (χ1v) is 24.5. The van der Waals surface area contributed by atoms with Crippen LogP contribution in [0.15, 0.2) is 48.6 Å². The van der Waals surface area contributed by atoms with E-state index in [-0.39, 0.29) is 6.61 Å². The smallest absolute Gasteiger partial charge is 0.249 e. The summed E-state index contributed by atoms with van der Waals surface area (Å²) in [6.07, 6.45) is 60.2. The molecule has 0 radical (unpaired) electrons. The van der Waals surface area contributed by atoms with E-state index in [1.807, 2.05) is 6.08 Å². The normalized spacial score (nSPS) is 13.9. The van der Waals surface area contributed by atoms with Crippen molar-refractivity contribution >= 4 is 5.91 Å². The molecular weight excluding hydrogens is 691 g/mol. The first-order valence-electron chi connectivity index (χ1n) is 24.5. The number of allylic oxidation sites excluding steroid dienone is 7. The van der Waals surface area contributed by atoms with Crippen LogP contribution in [0.1, 0.15) is 245 Å². The highest BCUT2D eigenvalue weighted by atomic mass is 16.3. The summed E-state index contributed by atoms with van der Waals surface area (Å²) in [6, 6.07) is -0.822. The number of carbonyl (C=O) groups excluding carboxylic acids is 1. The quantitative estimate of drug-likeness (QED) is 0.0366. The number of rotatable bonds is 44. The van der Waals surface area contributed by atoms with Crippen LogP contribution in [-0.2, 0) is 4.79 Å². The molecule has 3 unspecified atom stereocenters. The van der Waals surface area contributed by atoms with E-state index in [1.54, 1.807) is 6.08 Å². The van der Waals surface area contributed by atoms with Crippen LogP contribution in [-0.4, -0.2) is 46.1 Å². The minimum Gasteiger partial charge on any atom is -0.394 e. The molecule has 3 atom stereocenters. The first-order chi connectivity index (χ1) is 27.6. The Morgan fingerprint density at radius 3 is 1.09 bits per heavy atom. The molecule has 5 nitrogen and oxygen atoms in total. The molecule has 328 valence electrons. The van der Waals surface area contributed by atoms with Gasteiger partial charge in [-0.25, -0.2) is 0 Å². The summed E-state index contributed by atoms with van der Waals surface area (Å²) in [7, 11) is 0. The van der Waals surface area contributed by atoms with Crippen molar-refractivity contribution in [3.63, 3.8) is 0 Å². The molecule has 0 aromatic heterocycles. The largest absolute Gasteiger partial charge is 0.394 e. The minimum atomic E-state index is -1.11. The maximum atomic E-state index is 12.5. The SMILES string of the molecule is CCCCCCCC/C=C/CC/C=C/CC/C=C/C(O)C(CO)NC(=O)C(O)CCCCCCCCCCCC/C=C\CCCCCCCCCCCCCC. The highest BCUT2D eigenvalue weighted by Gasteiger charge is 2.22. The minimum absolute atomic E-state index is 0.382. The molecule has 56 heavy (non-hydrogen) atoms. The Kier molecular flexibility index (Phi) is 44.6. The zero-order valence-electron chi connectivity index (χ0n) is 37.3. The molecule has 0 saturated heterocycles. The van der Waals surface area contributed by atoms with E-state index in [1.165, 1.54) is 180 Å². The number of hydrogen-bond acceptors (Lipinski definition) is 4. The van der Waals surface area contributed by atoms with Gasteiger partial charge in [0.05, 0.1) is 18.8 Å². The lowest BCUT2D eigenvalue weighted by Gasteiger charge is -2.21. The van der Waals surface area contributed by atoms with Gasteiger partial charge in [0.2, 0.25) is 5.91 Å². The third-order valence-corrected chi connectivity index (χ3v) is 11.1. The van der Waals surface area contributed by atoms with Crippen LogP contribution in [0.5, 0.6) is 0 Å². The molecule has 0 aliphatic heterocycles. The van der Waals surface area contributed by atoms with Crippen molar-refractivity contribution in [1.29, 1.82) is 0 Å². The van der Waals surface area contributed by atoms with E-state index >= 15 is 0 Å². The fourth-order valence-corrected chi connectivity index (χ4v) is 7.27. The molecule has 0 bridgehead atoms. The molecule has 0 saturated carbocycles. The van der Waals surface area contributed by atoms with Crippen molar-refractivity contribution in [2.45, 2.75) is 263 Å². The maximum Gasteiger partial charge on any atom is 0.249 e. The standard InChI is InChI=1S/C51H95NO4/c1-3-5-7-9-11-13-15-17-19-21-22-23-24-25-26-27-28-29-30-32-34-36-38-40-42-44-46-50(55)51(56)52-48(47-53)49(54)45-43-41-39-37-35-33-31-20-18-16-14-12-10-8-6-4-2/h18,20,25-26,35,37,43,45,48-50,53-55H,3-17,19,21-24,27-34,36,38-42,44,46-47H2,1-2H3,(H,52,56)/b20-18+,26-25-,37-35+,45-43+. The lowest BCUT2D eigenvalue weighted by atomic mass is 10.0. The van der Waals surface area contributed by atoms with Crippen LogP contribution in [0, 0.1) is 0 Å². The number of carbonyl (C=O) groups is 1. The van der Waals surface area contributed by atoms with Crippen LogP contribution >= 0.6 is 0 Å². The molecular formula is C51H95NO4. The molecule has 0 aromatic rings. The second-order valence-corrected chi connectivity index (χ2v) is 16.6. The Labute approximate surface area is 348 Å². The summed E-state index contributed by atoms with van der Waals surface area (Å²) < 4.78 is 0. The summed E-state index contributed by atoms with van der Waals surface area (Å²) in [5.74, 6) is -0.518. The Hall–Kier alpha value is -1.69. The van der Waals surface area contributed by atoms with E-state index in [9.17, 15) is 20.1 Å². The molecule has 0 rings (SSSR count). The highest BCUT2D eigenvalue weighted by Crippen LogP contribution is 2.15.